The summed E-state index contributed by atoms with van der Waals surface area (Å²) in [4.78, 5) is 4.34. The minimum Gasteiger partial charge on any atom is -0.497 e. The second-order valence-electron chi connectivity index (χ2n) is 5.80. The highest BCUT2D eigenvalue weighted by molar-refractivity contribution is 9.10. The Morgan fingerprint density at radius 1 is 1.12 bits per heavy atom. The molecule has 3 aromatic rings. The lowest BCUT2D eigenvalue weighted by Gasteiger charge is -2.26. The number of hydrogen-bond donors (Lipinski definition) is 1. The van der Waals surface area contributed by atoms with Gasteiger partial charge < -0.3 is 14.8 Å². The first kappa shape index (κ1) is 16.7. The minimum absolute atomic E-state index is 0.173. The first-order chi connectivity index (χ1) is 12.7. The van der Waals surface area contributed by atoms with Crippen LogP contribution >= 0.6 is 15.9 Å². The van der Waals surface area contributed by atoms with Crippen LogP contribution in [-0.2, 0) is 0 Å². The highest BCUT2D eigenvalue weighted by atomic mass is 79.9. The predicted molar refractivity (Wildman–Crippen MR) is 103 cm³/mol. The van der Waals surface area contributed by atoms with Crippen LogP contribution in [0.25, 0.3) is 5.70 Å². The molecule has 1 atom stereocenters. The molecule has 0 unspecified atom stereocenters. The number of benzene rings is 2. The third kappa shape index (κ3) is 2.94. The zero-order valence-electron chi connectivity index (χ0n) is 14.3. The molecular weight excluding hydrogens is 396 g/mol. The molecule has 0 amide bonds. The molecule has 4 rings (SSSR count). The molecule has 1 N–H and O–H groups in total. The van der Waals surface area contributed by atoms with Crippen molar-refractivity contribution in [1.29, 1.82) is 0 Å². The van der Waals surface area contributed by atoms with Gasteiger partial charge in [-0.2, -0.15) is 10.1 Å². The summed E-state index contributed by atoms with van der Waals surface area (Å²) in [7, 11) is 3.31. The number of nitrogens with one attached hydrogen (secondary N) is 1. The number of methoxy groups -OCH3 is 2. The summed E-state index contributed by atoms with van der Waals surface area (Å²) in [6.07, 6.45) is 3.65. The maximum absolute atomic E-state index is 5.58. The predicted octanol–water partition coefficient (Wildman–Crippen LogP) is 4.11. The molecule has 0 fully saturated rings. The van der Waals surface area contributed by atoms with Crippen molar-refractivity contribution in [2.24, 2.45) is 0 Å². The normalized spacial score (nSPS) is 15.7. The number of nitrogens with zero attached hydrogens (tertiary/aromatic N) is 3. The lowest BCUT2D eigenvalue weighted by atomic mass is 10.0. The van der Waals surface area contributed by atoms with Crippen molar-refractivity contribution in [3.63, 3.8) is 0 Å². The molecule has 1 aromatic heterocycles. The Morgan fingerprint density at radius 3 is 2.77 bits per heavy atom. The summed E-state index contributed by atoms with van der Waals surface area (Å²) < 4.78 is 13.8. The van der Waals surface area contributed by atoms with Crippen LogP contribution in [0.15, 0.2) is 59.3 Å². The van der Waals surface area contributed by atoms with Gasteiger partial charge in [0, 0.05) is 15.7 Å². The maximum Gasteiger partial charge on any atom is 0.226 e. The smallest absolute Gasteiger partial charge is 0.226 e. The fourth-order valence-electron chi connectivity index (χ4n) is 3.05. The number of ether oxygens (including phenoxy) is 2. The lowest BCUT2D eigenvalue weighted by molar-refractivity contribution is 0.394. The van der Waals surface area contributed by atoms with Crippen LogP contribution in [0.3, 0.4) is 0 Å². The van der Waals surface area contributed by atoms with Crippen molar-refractivity contribution < 1.29 is 9.47 Å². The molecule has 2 aromatic carbocycles. The summed E-state index contributed by atoms with van der Waals surface area (Å²) in [5, 5.41) is 7.73. The third-order valence-electron chi connectivity index (χ3n) is 4.30. The highest BCUT2D eigenvalue weighted by Crippen LogP contribution is 2.38. The molecule has 2 heterocycles. The SMILES string of the molecule is COc1ccc(OC)c([C@H]2C=C(c3cccc(Br)c3)Nc3ncnn32)c1. The number of fused-ring (bicyclic) bond motifs is 1. The second kappa shape index (κ2) is 6.84. The van der Waals surface area contributed by atoms with E-state index in [2.05, 4.69) is 49.5 Å². The maximum atomic E-state index is 5.58. The molecule has 0 saturated heterocycles. The molecule has 26 heavy (non-hydrogen) atoms. The molecule has 0 radical (unpaired) electrons. The molecule has 1 aliphatic heterocycles. The van der Waals surface area contributed by atoms with Gasteiger partial charge >= 0.3 is 0 Å². The van der Waals surface area contributed by atoms with Crippen molar-refractivity contribution in [2.45, 2.75) is 6.04 Å². The fourth-order valence-corrected chi connectivity index (χ4v) is 3.45. The van der Waals surface area contributed by atoms with Crippen molar-refractivity contribution in [2.75, 3.05) is 19.5 Å². The Kier molecular flexibility index (Phi) is 4.38. The van der Waals surface area contributed by atoms with Gasteiger partial charge in [-0.25, -0.2) is 4.68 Å². The lowest BCUT2D eigenvalue weighted by Crippen LogP contribution is -2.20. The van der Waals surface area contributed by atoms with Crippen molar-refractivity contribution in [3.8, 4) is 11.5 Å². The first-order valence-corrected chi connectivity index (χ1v) is 8.85. The Morgan fingerprint density at radius 2 is 2.00 bits per heavy atom. The topological polar surface area (TPSA) is 61.2 Å². The molecule has 0 spiro atoms. The molecule has 7 heteroatoms. The van der Waals surface area contributed by atoms with E-state index in [0.29, 0.717) is 5.95 Å². The first-order valence-electron chi connectivity index (χ1n) is 8.06. The second-order valence-corrected chi connectivity index (χ2v) is 6.71. The Labute approximate surface area is 159 Å². The van der Waals surface area contributed by atoms with Gasteiger partial charge in [-0.1, -0.05) is 28.1 Å². The van der Waals surface area contributed by atoms with Crippen LogP contribution in [0, 0.1) is 0 Å². The standard InChI is InChI=1S/C19H17BrN4O2/c1-25-14-6-7-18(26-2)15(9-14)17-10-16(12-4-3-5-13(20)8-12)23-19-21-11-22-24(17)19/h3-11,17H,1-2H3,(H,21,22,23)/t17-/m1/s1. The van der Waals surface area contributed by atoms with E-state index in [0.717, 1.165) is 32.8 Å². The number of aromatic nitrogens is 3. The molecular formula is C19H17BrN4O2. The highest BCUT2D eigenvalue weighted by Gasteiger charge is 2.26. The van der Waals surface area contributed by atoms with E-state index >= 15 is 0 Å². The summed E-state index contributed by atoms with van der Waals surface area (Å²) in [6.45, 7) is 0. The number of hydrogen-bond acceptors (Lipinski definition) is 5. The molecule has 132 valence electrons. The largest absolute Gasteiger partial charge is 0.497 e. The average molecular weight is 413 g/mol. The number of anilines is 1. The van der Waals surface area contributed by atoms with Crippen molar-refractivity contribution in [3.05, 3.63) is 70.5 Å². The van der Waals surface area contributed by atoms with E-state index in [1.54, 1.807) is 20.5 Å². The van der Waals surface area contributed by atoms with Gasteiger partial charge in [-0.15, -0.1) is 0 Å². The van der Waals surface area contributed by atoms with Crippen LogP contribution in [0.2, 0.25) is 0 Å². The molecule has 0 saturated carbocycles. The Balaban J connectivity index is 1.87. The van der Waals surface area contributed by atoms with Gasteiger partial charge in [0.2, 0.25) is 5.95 Å². The number of halogens is 1. The van der Waals surface area contributed by atoms with Crippen LogP contribution in [0.1, 0.15) is 17.2 Å². The monoisotopic (exact) mass is 412 g/mol. The molecule has 0 aliphatic carbocycles. The van der Waals surface area contributed by atoms with Gasteiger partial charge in [0.25, 0.3) is 0 Å². The van der Waals surface area contributed by atoms with Crippen LogP contribution < -0.4 is 14.8 Å². The third-order valence-corrected chi connectivity index (χ3v) is 4.79. The Bertz CT molecular complexity index is 983. The zero-order chi connectivity index (χ0) is 18.1. The summed E-state index contributed by atoms with van der Waals surface area (Å²) in [6, 6.07) is 13.7. The van der Waals surface area contributed by atoms with E-state index in [1.165, 1.54) is 0 Å². The zero-order valence-corrected chi connectivity index (χ0v) is 15.9. The quantitative estimate of drug-likeness (QED) is 0.698. The van der Waals surface area contributed by atoms with E-state index in [4.69, 9.17) is 9.47 Å². The van der Waals surface area contributed by atoms with Gasteiger partial charge in [0.15, 0.2) is 0 Å². The molecule has 1 aliphatic rings. The van der Waals surface area contributed by atoms with E-state index < -0.39 is 0 Å². The summed E-state index contributed by atoms with van der Waals surface area (Å²) in [5.74, 6) is 2.21. The Hall–Kier alpha value is -2.80. The minimum atomic E-state index is -0.173. The van der Waals surface area contributed by atoms with Crippen LogP contribution in [-0.4, -0.2) is 29.0 Å². The van der Waals surface area contributed by atoms with Crippen LogP contribution in [0.4, 0.5) is 5.95 Å². The van der Waals surface area contributed by atoms with Gasteiger partial charge in [0.05, 0.1) is 14.2 Å². The summed E-state index contributed by atoms with van der Waals surface area (Å²) in [5.41, 5.74) is 2.97. The molecule has 0 bridgehead atoms. The van der Waals surface area contributed by atoms with Crippen molar-refractivity contribution in [1.82, 2.24) is 14.8 Å². The van der Waals surface area contributed by atoms with Crippen LogP contribution in [0.5, 0.6) is 11.5 Å². The number of rotatable bonds is 4. The molecule has 6 nitrogen and oxygen atoms in total. The van der Waals surface area contributed by atoms with Gasteiger partial charge in [0.1, 0.15) is 23.9 Å². The summed E-state index contributed by atoms with van der Waals surface area (Å²) >= 11 is 3.53. The number of allylic oxidation sites excluding steroid dienone is 1. The fraction of sp³-hybridized carbons (Fsp3) is 0.158. The van der Waals surface area contributed by atoms with E-state index in [9.17, 15) is 0 Å². The van der Waals surface area contributed by atoms with Crippen molar-refractivity contribution >= 4 is 27.6 Å². The van der Waals surface area contributed by atoms with Gasteiger partial charge in [-0.05, 0) is 42.0 Å². The average Bonchev–Trinajstić information content (AvgIpc) is 3.15. The van der Waals surface area contributed by atoms with E-state index in [1.807, 2.05) is 35.0 Å². The van der Waals surface area contributed by atoms with Gasteiger partial charge in [-0.3, -0.25) is 0 Å². The van der Waals surface area contributed by atoms with E-state index in [-0.39, 0.29) is 6.04 Å².